The van der Waals surface area contributed by atoms with E-state index in [9.17, 15) is 14.9 Å². The summed E-state index contributed by atoms with van der Waals surface area (Å²) in [6, 6.07) is 1.27. The zero-order valence-corrected chi connectivity index (χ0v) is 7.14. The van der Waals surface area contributed by atoms with Crippen LogP contribution < -0.4 is 0 Å². The van der Waals surface area contributed by atoms with Gasteiger partial charge in [-0.25, -0.2) is 0 Å². The summed E-state index contributed by atoms with van der Waals surface area (Å²) in [6.45, 7) is 1.84. The molecule has 0 amide bonds. The third-order valence-corrected chi connectivity index (χ3v) is 1.55. The summed E-state index contributed by atoms with van der Waals surface area (Å²) < 4.78 is 1.27. The van der Waals surface area contributed by atoms with Gasteiger partial charge in [-0.15, -0.1) is 0 Å². The highest BCUT2D eigenvalue weighted by molar-refractivity contribution is 5.77. The van der Waals surface area contributed by atoms with Gasteiger partial charge in [0.25, 0.3) is 0 Å². The van der Waals surface area contributed by atoms with Crippen molar-refractivity contribution in [1.29, 1.82) is 0 Å². The minimum atomic E-state index is -0.590. The number of hydrogen-bond acceptors (Lipinski definition) is 4. The van der Waals surface area contributed by atoms with Crippen molar-refractivity contribution in [2.24, 2.45) is 0 Å². The molecule has 0 atom stereocenters. The van der Waals surface area contributed by atoms with Crippen LogP contribution in [-0.4, -0.2) is 20.5 Å². The Morgan fingerprint density at radius 2 is 2.46 bits per heavy atom. The first-order chi connectivity index (χ1) is 6.13. The second kappa shape index (κ2) is 3.79. The summed E-state index contributed by atoms with van der Waals surface area (Å²) >= 11 is 0. The van der Waals surface area contributed by atoms with Crippen LogP contribution in [0.4, 0.5) is 5.82 Å². The summed E-state index contributed by atoms with van der Waals surface area (Å²) in [5.74, 6) is -0.234. The molecular formula is C7H9N3O3. The molecule has 0 N–H and O–H groups in total. The van der Waals surface area contributed by atoms with Gasteiger partial charge in [0, 0.05) is 6.42 Å². The number of carbonyl (C=O) groups excluding carboxylic acids is 1. The second-order valence-corrected chi connectivity index (χ2v) is 2.52. The highest BCUT2D eigenvalue weighted by Crippen LogP contribution is 2.05. The molecule has 1 aromatic heterocycles. The fourth-order valence-corrected chi connectivity index (χ4v) is 0.829. The Kier molecular flexibility index (Phi) is 2.73. The molecule has 70 valence electrons. The van der Waals surface area contributed by atoms with Crippen LogP contribution in [-0.2, 0) is 11.3 Å². The molecule has 0 aromatic carbocycles. The van der Waals surface area contributed by atoms with Crippen LogP contribution in [0.3, 0.4) is 0 Å². The van der Waals surface area contributed by atoms with Crippen molar-refractivity contribution in [1.82, 2.24) is 9.78 Å². The first-order valence-corrected chi connectivity index (χ1v) is 3.83. The predicted molar refractivity (Wildman–Crippen MR) is 44.2 cm³/mol. The second-order valence-electron chi connectivity index (χ2n) is 2.52. The quantitative estimate of drug-likeness (QED) is 0.510. The zero-order chi connectivity index (χ0) is 9.84. The number of carbonyl (C=O) groups is 1. The molecule has 0 aliphatic carbocycles. The molecule has 0 aliphatic rings. The number of ketones is 1. The Bertz CT molecular complexity index is 331. The van der Waals surface area contributed by atoms with Gasteiger partial charge in [-0.05, 0) is 4.92 Å². The smallest absolute Gasteiger partial charge is 0.358 e. The molecule has 0 radical (unpaired) electrons. The molecule has 0 fully saturated rings. The van der Waals surface area contributed by atoms with Crippen LogP contribution in [0.25, 0.3) is 0 Å². The SMILES string of the molecule is CCC(=O)Cn1ccc([N+](=O)[O-])n1. The lowest BCUT2D eigenvalue weighted by molar-refractivity contribution is -0.389. The molecule has 1 heterocycles. The van der Waals surface area contributed by atoms with E-state index in [0.717, 1.165) is 0 Å². The van der Waals surface area contributed by atoms with Crippen molar-refractivity contribution in [3.63, 3.8) is 0 Å². The van der Waals surface area contributed by atoms with Gasteiger partial charge in [-0.2, -0.15) is 4.68 Å². The van der Waals surface area contributed by atoms with E-state index < -0.39 is 4.92 Å². The number of aromatic nitrogens is 2. The van der Waals surface area contributed by atoms with Crippen LogP contribution in [0.1, 0.15) is 13.3 Å². The predicted octanol–water partition coefficient (Wildman–Crippen LogP) is 0.770. The molecule has 1 aromatic rings. The number of nitrogens with zero attached hydrogens (tertiary/aromatic N) is 3. The van der Waals surface area contributed by atoms with Crippen molar-refractivity contribution in [3.05, 3.63) is 22.4 Å². The lowest BCUT2D eigenvalue weighted by atomic mass is 10.3. The highest BCUT2D eigenvalue weighted by Gasteiger charge is 2.11. The molecule has 6 nitrogen and oxygen atoms in total. The van der Waals surface area contributed by atoms with E-state index in [1.165, 1.54) is 16.9 Å². The summed E-state index contributed by atoms with van der Waals surface area (Å²) in [5.41, 5.74) is 0. The number of nitro groups is 1. The van der Waals surface area contributed by atoms with Gasteiger partial charge < -0.3 is 10.1 Å². The minimum absolute atomic E-state index is 0.00185. The van der Waals surface area contributed by atoms with E-state index in [-0.39, 0.29) is 18.1 Å². The largest absolute Gasteiger partial charge is 0.389 e. The molecule has 0 spiro atoms. The zero-order valence-electron chi connectivity index (χ0n) is 7.14. The molecule has 0 saturated heterocycles. The number of Topliss-reactive ketones (excluding diaryl/α,β-unsaturated/α-hetero) is 1. The first-order valence-electron chi connectivity index (χ1n) is 3.83. The highest BCUT2D eigenvalue weighted by atomic mass is 16.6. The molecule has 13 heavy (non-hydrogen) atoms. The monoisotopic (exact) mass is 183 g/mol. The van der Waals surface area contributed by atoms with E-state index in [2.05, 4.69) is 5.10 Å². The van der Waals surface area contributed by atoms with Gasteiger partial charge in [0.1, 0.15) is 6.54 Å². The molecule has 0 aliphatic heterocycles. The third kappa shape index (κ3) is 2.36. The van der Waals surface area contributed by atoms with E-state index in [4.69, 9.17) is 0 Å². The Morgan fingerprint density at radius 1 is 1.77 bits per heavy atom. The molecule has 0 saturated carbocycles. The van der Waals surface area contributed by atoms with Crippen LogP contribution in [0.15, 0.2) is 12.3 Å². The average molecular weight is 183 g/mol. The van der Waals surface area contributed by atoms with Gasteiger partial charge in [0.2, 0.25) is 0 Å². The standard InChI is InChI=1S/C7H9N3O3/c1-2-6(11)5-9-4-3-7(8-9)10(12)13/h3-4H,2,5H2,1H3. The fraction of sp³-hybridized carbons (Fsp3) is 0.429. The number of hydrogen-bond donors (Lipinski definition) is 0. The Morgan fingerprint density at radius 3 is 2.92 bits per heavy atom. The van der Waals surface area contributed by atoms with E-state index in [1.54, 1.807) is 6.92 Å². The molecular weight excluding hydrogens is 174 g/mol. The maximum atomic E-state index is 10.9. The van der Waals surface area contributed by atoms with Gasteiger partial charge in [0.15, 0.2) is 5.78 Å². The van der Waals surface area contributed by atoms with Crippen molar-refractivity contribution in [2.45, 2.75) is 19.9 Å². The average Bonchev–Trinajstić information content (AvgIpc) is 2.52. The molecule has 0 unspecified atom stereocenters. The van der Waals surface area contributed by atoms with Crippen molar-refractivity contribution >= 4 is 11.6 Å². The lowest BCUT2D eigenvalue weighted by Crippen LogP contribution is -2.09. The van der Waals surface area contributed by atoms with Crippen LogP contribution >= 0.6 is 0 Å². The Balaban J connectivity index is 2.69. The maximum absolute atomic E-state index is 10.9. The van der Waals surface area contributed by atoms with E-state index >= 15 is 0 Å². The lowest BCUT2D eigenvalue weighted by Gasteiger charge is -1.91. The van der Waals surface area contributed by atoms with Crippen molar-refractivity contribution in [3.8, 4) is 0 Å². The summed E-state index contributed by atoms with van der Waals surface area (Å²) in [4.78, 5) is 20.6. The summed E-state index contributed by atoms with van der Waals surface area (Å²) in [7, 11) is 0. The molecule has 1 rings (SSSR count). The minimum Gasteiger partial charge on any atom is -0.358 e. The van der Waals surface area contributed by atoms with Crippen molar-refractivity contribution in [2.75, 3.05) is 0 Å². The van der Waals surface area contributed by atoms with E-state index in [1.807, 2.05) is 0 Å². The normalized spacial score (nSPS) is 9.92. The molecule has 6 heteroatoms. The van der Waals surface area contributed by atoms with Crippen LogP contribution in [0.5, 0.6) is 0 Å². The summed E-state index contributed by atoms with van der Waals surface area (Å²) in [5, 5.41) is 13.8. The summed E-state index contributed by atoms with van der Waals surface area (Å²) in [6.07, 6.45) is 1.83. The molecule has 0 bridgehead atoms. The van der Waals surface area contributed by atoms with Crippen LogP contribution in [0.2, 0.25) is 0 Å². The van der Waals surface area contributed by atoms with Gasteiger partial charge >= 0.3 is 5.82 Å². The third-order valence-electron chi connectivity index (χ3n) is 1.55. The van der Waals surface area contributed by atoms with Gasteiger partial charge in [0.05, 0.1) is 17.4 Å². The Hall–Kier alpha value is -1.72. The van der Waals surface area contributed by atoms with Gasteiger partial charge in [-0.3, -0.25) is 4.79 Å². The van der Waals surface area contributed by atoms with Gasteiger partial charge in [-0.1, -0.05) is 6.92 Å². The topological polar surface area (TPSA) is 78.0 Å². The maximum Gasteiger partial charge on any atom is 0.389 e. The Labute approximate surface area is 74.3 Å². The van der Waals surface area contributed by atoms with Crippen molar-refractivity contribution < 1.29 is 9.72 Å². The first kappa shape index (κ1) is 9.37. The number of rotatable bonds is 4. The van der Waals surface area contributed by atoms with Crippen LogP contribution in [0, 0.1) is 10.1 Å². The fourth-order valence-electron chi connectivity index (χ4n) is 0.829. The van der Waals surface area contributed by atoms with E-state index in [0.29, 0.717) is 6.42 Å².